The van der Waals surface area contributed by atoms with E-state index in [-0.39, 0.29) is 10.7 Å². The normalized spacial score (nSPS) is 13.0. The summed E-state index contributed by atoms with van der Waals surface area (Å²) in [6.45, 7) is 2.90. The molecule has 0 bridgehead atoms. The number of nitrogens with zero attached hydrogens (tertiary/aromatic N) is 2. The molecule has 1 atom stereocenters. The summed E-state index contributed by atoms with van der Waals surface area (Å²) in [6, 6.07) is 4.45. The molecular formula is C14H12Cl2F3N3O. The first kappa shape index (κ1) is 17.6. The van der Waals surface area contributed by atoms with Crippen LogP contribution in [0.2, 0.25) is 10.0 Å². The van der Waals surface area contributed by atoms with Crippen molar-refractivity contribution in [3.05, 3.63) is 45.7 Å². The lowest BCUT2D eigenvalue weighted by Crippen LogP contribution is -2.25. The first-order valence-corrected chi connectivity index (χ1v) is 7.24. The number of carbonyl (C=O) groups excluding carboxylic acids is 1. The number of amides is 1. The van der Waals surface area contributed by atoms with E-state index in [4.69, 9.17) is 23.2 Å². The molecule has 23 heavy (non-hydrogen) atoms. The highest BCUT2D eigenvalue weighted by atomic mass is 35.5. The molecule has 0 aliphatic carbocycles. The molecule has 0 saturated carbocycles. The molecule has 1 aromatic heterocycles. The molecule has 0 fully saturated rings. The van der Waals surface area contributed by atoms with Gasteiger partial charge in [0.05, 0.1) is 10.0 Å². The van der Waals surface area contributed by atoms with Gasteiger partial charge in [-0.2, -0.15) is 18.3 Å². The topological polar surface area (TPSA) is 46.9 Å². The van der Waals surface area contributed by atoms with Crippen LogP contribution in [-0.4, -0.2) is 15.7 Å². The van der Waals surface area contributed by atoms with Crippen LogP contribution in [0, 0.1) is 6.92 Å². The second-order valence-electron chi connectivity index (χ2n) is 4.91. The second-order valence-corrected chi connectivity index (χ2v) is 5.72. The van der Waals surface area contributed by atoms with Crippen molar-refractivity contribution in [2.75, 3.05) is 5.32 Å². The molecule has 1 unspecified atom stereocenters. The maximum atomic E-state index is 12.7. The van der Waals surface area contributed by atoms with E-state index in [9.17, 15) is 18.0 Å². The van der Waals surface area contributed by atoms with Gasteiger partial charge in [-0.1, -0.05) is 23.2 Å². The number of hydrogen-bond acceptors (Lipinski definition) is 2. The van der Waals surface area contributed by atoms with Gasteiger partial charge in [0.1, 0.15) is 6.04 Å². The number of anilines is 1. The number of carbonyl (C=O) groups is 1. The Kier molecular flexibility index (Phi) is 4.91. The van der Waals surface area contributed by atoms with E-state index in [1.165, 1.54) is 32.0 Å². The fourth-order valence-electron chi connectivity index (χ4n) is 1.95. The van der Waals surface area contributed by atoms with E-state index in [1.807, 2.05) is 0 Å². The van der Waals surface area contributed by atoms with Gasteiger partial charge in [-0.05, 0) is 38.1 Å². The Hall–Kier alpha value is -1.73. The Balaban J connectivity index is 2.19. The van der Waals surface area contributed by atoms with Crippen molar-refractivity contribution in [3.63, 3.8) is 0 Å². The number of alkyl halides is 3. The number of benzene rings is 1. The maximum Gasteiger partial charge on any atom is 0.435 e. The highest BCUT2D eigenvalue weighted by Gasteiger charge is 2.35. The van der Waals surface area contributed by atoms with Gasteiger partial charge in [-0.25, -0.2) is 0 Å². The van der Waals surface area contributed by atoms with Gasteiger partial charge in [0, 0.05) is 11.4 Å². The molecule has 2 aromatic rings. The Morgan fingerprint density at radius 1 is 1.26 bits per heavy atom. The molecule has 0 aliphatic heterocycles. The lowest BCUT2D eigenvalue weighted by atomic mass is 10.2. The highest BCUT2D eigenvalue weighted by Crippen LogP contribution is 2.30. The van der Waals surface area contributed by atoms with E-state index < -0.39 is 23.8 Å². The lowest BCUT2D eigenvalue weighted by molar-refractivity contribution is -0.141. The van der Waals surface area contributed by atoms with E-state index in [1.54, 1.807) is 0 Å². The lowest BCUT2D eigenvalue weighted by Gasteiger charge is -2.15. The zero-order valence-electron chi connectivity index (χ0n) is 12.1. The van der Waals surface area contributed by atoms with Gasteiger partial charge in [0.15, 0.2) is 5.69 Å². The number of aryl methyl sites for hydroxylation is 1. The SMILES string of the molecule is Cc1cc(C(F)(F)F)nn1C(C)C(=O)Nc1ccc(Cl)c(Cl)c1. The highest BCUT2D eigenvalue weighted by molar-refractivity contribution is 6.42. The van der Waals surface area contributed by atoms with Crippen LogP contribution in [0.1, 0.15) is 24.4 Å². The molecule has 0 spiro atoms. The molecule has 9 heteroatoms. The van der Waals surface area contributed by atoms with Gasteiger partial charge in [-0.15, -0.1) is 0 Å². The van der Waals surface area contributed by atoms with E-state index >= 15 is 0 Å². The predicted octanol–water partition coefficient (Wildman–Crippen LogP) is 4.72. The van der Waals surface area contributed by atoms with Crippen LogP contribution in [0.4, 0.5) is 18.9 Å². The molecule has 0 radical (unpaired) electrons. The smallest absolute Gasteiger partial charge is 0.324 e. The Morgan fingerprint density at radius 3 is 2.43 bits per heavy atom. The van der Waals surface area contributed by atoms with Crippen molar-refractivity contribution in [2.45, 2.75) is 26.1 Å². The van der Waals surface area contributed by atoms with Gasteiger partial charge < -0.3 is 5.32 Å². The summed E-state index contributed by atoms with van der Waals surface area (Å²) in [4.78, 5) is 12.2. The minimum absolute atomic E-state index is 0.231. The van der Waals surface area contributed by atoms with Crippen molar-refractivity contribution >= 4 is 34.8 Å². The zero-order chi connectivity index (χ0) is 17.4. The average molecular weight is 366 g/mol. The number of nitrogens with one attached hydrogen (secondary N) is 1. The maximum absolute atomic E-state index is 12.7. The second kappa shape index (κ2) is 6.41. The Bertz CT molecular complexity index is 743. The first-order chi connectivity index (χ1) is 10.6. The summed E-state index contributed by atoms with van der Waals surface area (Å²) < 4.78 is 39.0. The minimum Gasteiger partial charge on any atom is -0.324 e. The molecule has 0 saturated heterocycles. The standard InChI is InChI=1S/C14H12Cl2F3N3O/c1-7-5-12(14(17,18)19)21-22(7)8(2)13(23)20-9-3-4-10(15)11(16)6-9/h3-6,8H,1-2H3,(H,20,23). The zero-order valence-corrected chi connectivity index (χ0v) is 13.6. The quantitative estimate of drug-likeness (QED) is 0.855. The molecule has 2 rings (SSSR count). The van der Waals surface area contributed by atoms with Crippen molar-refractivity contribution in [2.24, 2.45) is 0 Å². The van der Waals surface area contributed by atoms with E-state index in [2.05, 4.69) is 10.4 Å². The molecule has 1 amide bonds. The summed E-state index contributed by atoms with van der Waals surface area (Å²) in [5, 5.41) is 6.60. The number of halogens is 5. The number of rotatable bonds is 3. The molecule has 4 nitrogen and oxygen atoms in total. The van der Waals surface area contributed by atoms with Gasteiger partial charge in [0.2, 0.25) is 5.91 Å². The Labute approximate surface area is 140 Å². The van der Waals surface area contributed by atoms with Crippen LogP contribution in [0.3, 0.4) is 0 Å². The monoisotopic (exact) mass is 365 g/mol. The summed E-state index contributed by atoms with van der Waals surface area (Å²) in [5.41, 5.74) is -0.421. The minimum atomic E-state index is -4.56. The van der Waals surface area contributed by atoms with Crippen LogP contribution < -0.4 is 5.32 Å². The summed E-state index contributed by atoms with van der Waals surface area (Å²) >= 11 is 11.6. The summed E-state index contributed by atoms with van der Waals surface area (Å²) in [5.74, 6) is -0.525. The number of aromatic nitrogens is 2. The summed E-state index contributed by atoms with van der Waals surface area (Å²) in [6.07, 6.45) is -4.56. The van der Waals surface area contributed by atoms with Gasteiger partial charge in [-0.3, -0.25) is 9.48 Å². The summed E-state index contributed by atoms with van der Waals surface area (Å²) in [7, 11) is 0. The van der Waals surface area contributed by atoms with Crippen molar-refractivity contribution in [3.8, 4) is 0 Å². The van der Waals surface area contributed by atoms with Crippen LogP contribution in [0.25, 0.3) is 0 Å². The predicted molar refractivity (Wildman–Crippen MR) is 81.8 cm³/mol. The van der Waals surface area contributed by atoms with E-state index in [0.29, 0.717) is 10.7 Å². The fourth-order valence-corrected chi connectivity index (χ4v) is 2.25. The van der Waals surface area contributed by atoms with Gasteiger partial charge in [0.25, 0.3) is 0 Å². The largest absolute Gasteiger partial charge is 0.435 e. The fraction of sp³-hybridized carbons (Fsp3) is 0.286. The number of hydrogen-bond donors (Lipinski definition) is 1. The Morgan fingerprint density at radius 2 is 1.91 bits per heavy atom. The molecule has 1 N–H and O–H groups in total. The first-order valence-electron chi connectivity index (χ1n) is 6.49. The van der Waals surface area contributed by atoms with Crippen LogP contribution in [0.15, 0.2) is 24.3 Å². The van der Waals surface area contributed by atoms with Gasteiger partial charge >= 0.3 is 6.18 Å². The molecule has 1 heterocycles. The third kappa shape index (κ3) is 3.97. The van der Waals surface area contributed by atoms with Crippen molar-refractivity contribution < 1.29 is 18.0 Å². The third-order valence-corrected chi connectivity index (χ3v) is 3.89. The molecule has 0 aliphatic rings. The average Bonchev–Trinajstić information content (AvgIpc) is 2.84. The van der Waals surface area contributed by atoms with Crippen LogP contribution >= 0.6 is 23.2 Å². The molecule has 1 aromatic carbocycles. The van der Waals surface area contributed by atoms with E-state index in [0.717, 1.165) is 10.7 Å². The molecule has 124 valence electrons. The van der Waals surface area contributed by atoms with Crippen molar-refractivity contribution in [1.29, 1.82) is 0 Å². The molecular weight excluding hydrogens is 354 g/mol. The van der Waals surface area contributed by atoms with Crippen molar-refractivity contribution in [1.82, 2.24) is 9.78 Å². The third-order valence-electron chi connectivity index (χ3n) is 3.15. The van der Waals surface area contributed by atoms with Crippen LogP contribution in [-0.2, 0) is 11.0 Å². The van der Waals surface area contributed by atoms with Crippen LogP contribution in [0.5, 0.6) is 0 Å².